The minimum absolute atomic E-state index is 0.0721. The van der Waals surface area contributed by atoms with Crippen LogP contribution in [0.5, 0.6) is 0 Å². The Morgan fingerprint density at radius 3 is 1.90 bits per heavy atom. The molecule has 2 aliphatic rings. The SMILES string of the molecule is CC(C)(C)C[C@H](NC(=O)OC(C)(C)C)C(=O)N[C@H]1CC[C@@H]2CN(C(=O)[C@H](CC(C)(C)C)N(C(=O)O)C(C)(C)C)C[C@@H]21. The Labute approximate surface area is 247 Å². The maximum Gasteiger partial charge on any atom is 0.408 e. The molecule has 0 radical (unpaired) electrons. The van der Waals surface area contributed by atoms with E-state index in [1.807, 2.05) is 62.3 Å². The predicted octanol–water partition coefficient (Wildman–Crippen LogP) is 5.25. The quantitative estimate of drug-likeness (QED) is 0.377. The van der Waals surface area contributed by atoms with Crippen LogP contribution in [0.1, 0.15) is 109 Å². The van der Waals surface area contributed by atoms with E-state index >= 15 is 0 Å². The highest BCUT2D eigenvalue weighted by Crippen LogP contribution is 2.40. The Bertz CT molecular complexity index is 969. The molecule has 0 aromatic rings. The number of fused-ring (bicyclic) bond motifs is 1. The molecule has 10 nitrogen and oxygen atoms in total. The van der Waals surface area contributed by atoms with Crippen molar-refractivity contribution in [3.05, 3.63) is 0 Å². The zero-order valence-electron chi connectivity index (χ0n) is 27.5. The molecule has 0 aromatic carbocycles. The van der Waals surface area contributed by atoms with Gasteiger partial charge in [0.25, 0.3) is 0 Å². The standard InChI is InChI=1S/C31H56N4O6/c1-28(2,3)15-22(33-26(38)41-31(10,11)12)24(36)32-21-14-13-19-17-34(18-20(19)21)25(37)23(16-29(4,5)6)35(27(39)40)30(7,8)9/h19-23H,13-18H2,1-12H3,(H,32,36)(H,33,38)(H,39,40)/t19-,20+,21+,22+,23+/m1/s1. The highest BCUT2D eigenvalue weighted by atomic mass is 16.6. The lowest BCUT2D eigenvalue weighted by molar-refractivity contribution is -0.138. The molecule has 2 rings (SSSR count). The second-order valence-electron chi connectivity index (χ2n) is 16.4. The van der Waals surface area contributed by atoms with Gasteiger partial charge >= 0.3 is 12.2 Å². The highest BCUT2D eigenvalue weighted by Gasteiger charge is 2.48. The van der Waals surface area contributed by atoms with E-state index in [-0.39, 0.29) is 40.5 Å². The number of likely N-dealkylation sites (tertiary alicyclic amines) is 1. The molecule has 0 unspecified atom stereocenters. The first-order valence-corrected chi connectivity index (χ1v) is 15.0. The van der Waals surface area contributed by atoms with Gasteiger partial charge in [0.15, 0.2) is 0 Å². The van der Waals surface area contributed by atoms with Gasteiger partial charge in [0.1, 0.15) is 17.7 Å². The zero-order valence-corrected chi connectivity index (χ0v) is 27.5. The highest BCUT2D eigenvalue weighted by molar-refractivity contribution is 5.87. The number of nitrogens with zero attached hydrogens (tertiary/aromatic N) is 2. The molecular formula is C31H56N4O6. The normalized spacial score (nSPS) is 22.9. The summed E-state index contributed by atoms with van der Waals surface area (Å²) in [5, 5.41) is 16.0. The third kappa shape index (κ3) is 10.4. The first kappa shape index (κ1) is 34.7. The van der Waals surface area contributed by atoms with Crippen LogP contribution < -0.4 is 10.6 Å². The number of rotatable bonds is 7. The van der Waals surface area contributed by atoms with Crippen LogP contribution in [0.15, 0.2) is 0 Å². The molecule has 1 heterocycles. The molecule has 1 saturated carbocycles. The molecule has 2 fully saturated rings. The topological polar surface area (TPSA) is 128 Å². The van der Waals surface area contributed by atoms with Crippen molar-refractivity contribution >= 4 is 24.0 Å². The van der Waals surface area contributed by atoms with E-state index in [1.54, 1.807) is 25.7 Å². The fourth-order valence-corrected chi connectivity index (χ4v) is 6.15. The summed E-state index contributed by atoms with van der Waals surface area (Å²) in [6, 6.07) is -1.68. The van der Waals surface area contributed by atoms with Crippen LogP contribution in [-0.2, 0) is 14.3 Å². The van der Waals surface area contributed by atoms with E-state index in [4.69, 9.17) is 4.74 Å². The summed E-state index contributed by atoms with van der Waals surface area (Å²) in [4.78, 5) is 55.4. The van der Waals surface area contributed by atoms with Crippen molar-refractivity contribution in [2.24, 2.45) is 22.7 Å². The van der Waals surface area contributed by atoms with Crippen LogP contribution in [0.3, 0.4) is 0 Å². The molecule has 1 saturated heterocycles. The molecule has 0 spiro atoms. The average molecular weight is 581 g/mol. The number of amides is 4. The lowest BCUT2D eigenvalue weighted by atomic mass is 9.85. The van der Waals surface area contributed by atoms with Crippen LogP contribution in [0, 0.1) is 22.7 Å². The molecule has 236 valence electrons. The minimum atomic E-state index is -1.10. The number of hydrogen-bond acceptors (Lipinski definition) is 5. The predicted molar refractivity (Wildman–Crippen MR) is 159 cm³/mol. The number of carbonyl (C=O) groups excluding carboxylic acids is 3. The molecule has 41 heavy (non-hydrogen) atoms. The number of carbonyl (C=O) groups is 4. The Morgan fingerprint density at radius 2 is 1.44 bits per heavy atom. The largest absolute Gasteiger partial charge is 0.465 e. The van der Waals surface area contributed by atoms with E-state index in [0.29, 0.717) is 25.9 Å². The van der Waals surface area contributed by atoms with Crippen molar-refractivity contribution < 1.29 is 29.0 Å². The molecule has 1 aliphatic carbocycles. The molecule has 0 bridgehead atoms. The maximum absolute atomic E-state index is 13.9. The van der Waals surface area contributed by atoms with Crippen LogP contribution in [0.2, 0.25) is 0 Å². The smallest absolute Gasteiger partial charge is 0.408 e. The van der Waals surface area contributed by atoms with Gasteiger partial charge in [-0.1, -0.05) is 41.5 Å². The molecular weight excluding hydrogens is 524 g/mol. The van der Waals surface area contributed by atoms with Gasteiger partial charge in [0, 0.05) is 30.6 Å². The van der Waals surface area contributed by atoms with Gasteiger partial charge in [-0.15, -0.1) is 0 Å². The summed E-state index contributed by atoms with van der Waals surface area (Å²) >= 11 is 0. The minimum Gasteiger partial charge on any atom is -0.465 e. The van der Waals surface area contributed by atoms with Crippen LogP contribution in [0.4, 0.5) is 9.59 Å². The Hall–Kier alpha value is -2.52. The monoisotopic (exact) mass is 580 g/mol. The lowest BCUT2D eigenvalue weighted by Gasteiger charge is -2.42. The summed E-state index contributed by atoms with van der Waals surface area (Å²) < 4.78 is 5.41. The molecule has 10 heteroatoms. The number of ether oxygens (including phenoxy) is 1. The van der Waals surface area contributed by atoms with Crippen molar-refractivity contribution in [1.82, 2.24) is 20.4 Å². The van der Waals surface area contributed by atoms with E-state index in [0.717, 1.165) is 12.8 Å². The first-order valence-electron chi connectivity index (χ1n) is 15.0. The van der Waals surface area contributed by atoms with Gasteiger partial charge < -0.3 is 25.4 Å². The molecule has 5 atom stereocenters. The van der Waals surface area contributed by atoms with Crippen molar-refractivity contribution in [3.63, 3.8) is 0 Å². The van der Waals surface area contributed by atoms with Crippen molar-refractivity contribution in [2.75, 3.05) is 13.1 Å². The molecule has 3 N–H and O–H groups in total. The molecule has 0 aromatic heterocycles. The number of carboxylic acid groups (broad SMARTS) is 1. The van der Waals surface area contributed by atoms with Gasteiger partial charge in [-0.25, -0.2) is 9.59 Å². The van der Waals surface area contributed by atoms with Crippen molar-refractivity contribution in [1.29, 1.82) is 0 Å². The molecule has 1 aliphatic heterocycles. The zero-order chi connectivity index (χ0) is 31.7. The van der Waals surface area contributed by atoms with E-state index in [9.17, 15) is 24.3 Å². The summed E-state index contributed by atoms with van der Waals surface area (Å²) in [5.41, 5.74) is -1.89. The fourth-order valence-electron chi connectivity index (χ4n) is 6.15. The van der Waals surface area contributed by atoms with E-state index in [2.05, 4.69) is 10.6 Å². The van der Waals surface area contributed by atoms with E-state index in [1.165, 1.54) is 4.90 Å². The van der Waals surface area contributed by atoms with Gasteiger partial charge in [0.2, 0.25) is 11.8 Å². The summed E-state index contributed by atoms with van der Waals surface area (Å²) in [6.45, 7) is 23.9. The fraction of sp³-hybridized carbons (Fsp3) is 0.871. The average Bonchev–Trinajstić information content (AvgIpc) is 3.29. The van der Waals surface area contributed by atoms with Crippen molar-refractivity contribution in [2.45, 2.75) is 138 Å². The van der Waals surface area contributed by atoms with Gasteiger partial charge in [-0.05, 0) is 84.0 Å². The van der Waals surface area contributed by atoms with Gasteiger partial charge in [-0.2, -0.15) is 0 Å². The lowest BCUT2D eigenvalue weighted by Crippen LogP contribution is -2.58. The van der Waals surface area contributed by atoms with E-state index < -0.39 is 35.4 Å². The second kappa shape index (κ2) is 12.4. The third-order valence-electron chi connectivity index (χ3n) is 7.65. The summed E-state index contributed by atoms with van der Waals surface area (Å²) in [5.74, 6) is -0.124. The second-order valence-corrected chi connectivity index (χ2v) is 16.4. The number of alkyl carbamates (subject to hydrolysis) is 1. The Kier molecular flexibility index (Phi) is 10.5. The summed E-state index contributed by atoms with van der Waals surface area (Å²) in [7, 11) is 0. The van der Waals surface area contributed by atoms with Crippen LogP contribution >= 0.6 is 0 Å². The summed E-state index contributed by atoms with van der Waals surface area (Å²) in [6.07, 6.45) is 0.783. The van der Waals surface area contributed by atoms with Crippen LogP contribution in [0.25, 0.3) is 0 Å². The third-order valence-corrected chi connectivity index (χ3v) is 7.65. The Morgan fingerprint density at radius 1 is 0.878 bits per heavy atom. The van der Waals surface area contributed by atoms with Crippen molar-refractivity contribution in [3.8, 4) is 0 Å². The first-order chi connectivity index (χ1) is 18.4. The van der Waals surface area contributed by atoms with Crippen LogP contribution in [-0.4, -0.2) is 81.3 Å². The number of hydrogen-bond donors (Lipinski definition) is 3. The Balaban J connectivity index is 2.20. The number of nitrogens with one attached hydrogen (secondary N) is 2. The van der Waals surface area contributed by atoms with Gasteiger partial charge in [0.05, 0.1) is 0 Å². The molecule has 4 amide bonds. The van der Waals surface area contributed by atoms with Gasteiger partial charge in [-0.3, -0.25) is 14.5 Å². The maximum atomic E-state index is 13.9.